The number of rotatable bonds is 4. The minimum atomic E-state index is -1.01. The summed E-state index contributed by atoms with van der Waals surface area (Å²) in [7, 11) is 1.49. The molecule has 0 aliphatic rings. The summed E-state index contributed by atoms with van der Waals surface area (Å²) in [5, 5.41) is 9.03. The quantitative estimate of drug-likeness (QED) is 0.908. The van der Waals surface area contributed by atoms with Crippen LogP contribution in [0.2, 0.25) is 0 Å². The number of carboxylic acid groups (broad SMARTS) is 1. The van der Waals surface area contributed by atoms with Crippen molar-refractivity contribution in [2.75, 3.05) is 7.11 Å². The summed E-state index contributed by atoms with van der Waals surface area (Å²) in [5.41, 5.74) is 0.696. The van der Waals surface area contributed by atoms with Gasteiger partial charge in [0.1, 0.15) is 5.75 Å². The zero-order valence-electron chi connectivity index (χ0n) is 10.5. The fraction of sp³-hybridized carbons (Fsp3) is 0.154. The third kappa shape index (κ3) is 2.79. The van der Waals surface area contributed by atoms with E-state index in [0.717, 1.165) is 0 Å². The van der Waals surface area contributed by atoms with Crippen molar-refractivity contribution in [3.63, 3.8) is 0 Å². The van der Waals surface area contributed by atoms with Gasteiger partial charge in [-0.25, -0.2) is 9.78 Å². The number of carboxylic acids is 1. The zero-order valence-corrected chi connectivity index (χ0v) is 10.5. The highest BCUT2D eigenvalue weighted by Crippen LogP contribution is 2.25. The molecule has 0 bridgehead atoms. The van der Waals surface area contributed by atoms with Gasteiger partial charge >= 0.3 is 12.0 Å². The SMILES string of the molecule is COc1ccnc(Oc2cccc(C(=O)O)c2C)n1. The Morgan fingerprint density at radius 1 is 1.32 bits per heavy atom. The van der Waals surface area contributed by atoms with E-state index in [4.69, 9.17) is 14.6 Å². The molecule has 6 nitrogen and oxygen atoms in total. The molecule has 1 aromatic carbocycles. The molecule has 0 saturated heterocycles. The van der Waals surface area contributed by atoms with Crippen LogP contribution in [0.3, 0.4) is 0 Å². The van der Waals surface area contributed by atoms with E-state index in [1.165, 1.54) is 19.4 Å². The number of ether oxygens (including phenoxy) is 2. The summed E-state index contributed by atoms with van der Waals surface area (Å²) in [6.07, 6.45) is 1.50. The molecule has 6 heteroatoms. The van der Waals surface area contributed by atoms with Crippen molar-refractivity contribution in [1.29, 1.82) is 0 Å². The van der Waals surface area contributed by atoms with Gasteiger partial charge in [0.15, 0.2) is 0 Å². The molecule has 0 fully saturated rings. The lowest BCUT2D eigenvalue weighted by atomic mass is 10.1. The van der Waals surface area contributed by atoms with Crippen LogP contribution >= 0.6 is 0 Å². The first kappa shape index (κ1) is 12.8. The predicted molar refractivity (Wildman–Crippen MR) is 66.8 cm³/mol. The van der Waals surface area contributed by atoms with E-state index in [1.807, 2.05) is 0 Å². The van der Waals surface area contributed by atoms with E-state index in [0.29, 0.717) is 17.2 Å². The average Bonchev–Trinajstić information content (AvgIpc) is 2.41. The molecule has 0 aliphatic heterocycles. The molecular formula is C13H12N2O4. The van der Waals surface area contributed by atoms with Crippen molar-refractivity contribution in [2.45, 2.75) is 6.92 Å². The Hall–Kier alpha value is -2.63. The molecule has 0 radical (unpaired) electrons. The number of hydrogen-bond donors (Lipinski definition) is 1. The highest BCUT2D eigenvalue weighted by Gasteiger charge is 2.12. The maximum Gasteiger partial charge on any atom is 0.336 e. The lowest BCUT2D eigenvalue weighted by molar-refractivity contribution is 0.0695. The molecule has 1 heterocycles. The average molecular weight is 260 g/mol. The van der Waals surface area contributed by atoms with Gasteiger partial charge in [-0.05, 0) is 19.1 Å². The fourth-order valence-electron chi connectivity index (χ4n) is 1.54. The van der Waals surface area contributed by atoms with Crippen LogP contribution in [0.4, 0.5) is 0 Å². The molecule has 0 aliphatic carbocycles. The number of aromatic nitrogens is 2. The van der Waals surface area contributed by atoms with E-state index in [9.17, 15) is 4.79 Å². The maximum absolute atomic E-state index is 11.0. The molecule has 1 aromatic heterocycles. The summed E-state index contributed by atoms with van der Waals surface area (Å²) in [5.74, 6) is -0.236. The monoisotopic (exact) mass is 260 g/mol. The number of hydrogen-bond acceptors (Lipinski definition) is 5. The van der Waals surface area contributed by atoms with Gasteiger partial charge < -0.3 is 14.6 Å². The van der Waals surface area contributed by atoms with E-state index >= 15 is 0 Å². The normalized spacial score (nSPS) is 10.0. The predicted octanol–water partition coefficient (Wildman–Crippen LogP) is 2.28. The van der Waals surface area contributed by atoms with Crippen LogP contribution in [0.15, 0.2) is 30.5 Å². The standard InChI is InChI=1S/C13H12N2O4/c1-8-9(12(16)17)4-3-5-10(8)19-13-14-7-6-11(15-13)18-2/h3-7H,1-2H3,(H,16,17). The van der Waals surface area contributed by atoms with Crippen molar-refractivity contribution >= 4 is 5.97 Å². The summed E-state index contributed by atoms with van der Waals surface area (Å²) in [4.78, 5) is 19.0. The van der Waals surface area contributed by atoms with Gasteiger partial charge in [0, 0.05) is 17.8 Å². The molecule has 0 unspecified atom stereocenters. The lowest BCUT2D eigenvalue weighted by Gasteiger charge is -2.09. The van der Waals surface area contributed by atoms with Gasteiger partial charge in [0.05, 0.1) is 12.7 Å². The Balaban J connectivity index is 2.33. The van der Waals surface area contributed by atoms with Crippen LogP contribution in [-0.2, 0) is 0 Å². The number of methoxy groups -OCH3 is 1. The Kier molecular flexibility index (Phi) is 3.61. The van der Waals surface area contributed by atoms with Crippen LogP contribution in [0.25, 0.3) is 0 Å². The molecule has 19 heavy (non-hydrogen) atoms. The molecule has 1 N–H and O–H groups in total. The Labute approximate surface area is 109 Å². The highest BCUT2D eigenvalue weighted by atomic mass is 16.5. The summed E-state index contributed by atoms with van der Waals surface area (Å²) in [6, 6.07) is 6.46. The topological polar surface area (TPSA) is 81.5 Å². The second-order valence-corrected chi connectivity index (χ2v) is 3.72. The first-order valence-corrected chi connectivity index (χ1v) is 5.49. The van der Waals surface area contributed by atoms with Crippen LogP contribution < -0.4 is 9.47 Å². The van der Waals surface area contributed by atoms with Crippen molar-refractivity contribution in [3.8, 4) is 17.6 Å². The third-order valence-corrected chi connectivity index (χ3v) is 2.53. The van der Waals surface area contributed by atoms with Crippen molar-refractivity contribution < 1.29 is 19.4 Å². The molecular weight excluding hydrogens is 248 g/mol. The van der Waals surface area contributed by atoms with Gasteiger partial charge in [-0.1, -0.05) is 6.07 Å². The van der Waals surface area contributed by atoms with Crippen LogP contribution in [0, 0.1) is 6.92 Å². The van der Waals surface area contributed by atoms with E-state index in [2.05, 4.69) is 9.97 Å². The molecule has 0 atom stereocenters. The van der Waals surface area contributed by atoms with Gasteiger partial charge in [0.25, 0.3) is 0 Å². The van der Waals surface area contributed by atoms with Crippen LogP contribution in [0.5, 0.6) is 17.6 Å². The van der Waals surface area contributed by atoms with E-state index < -0.39 is 5.97 Å². The Bertz CT molecular complexity index is 613. The molecule has 0 saturated carbocycles. The highest BCUT2D eigenvalue weighted by molar-refractivity contribution is 5.90. The second-order valence-electron chi connectivity index (χ2n) is 3.72. The van der Waals surface area contributed by atoms with Gasteiger partial charge in [0.2, 0.25) is 5.88 Å². The number of benzene rings is 1. The summed E-state index contributed by atoms with van der Waals surface area (Å²) < 4.78 is 10.4. The molecule has 2 rings (SSSR count). The maximum atomic E-state index is 11.0. The summed E-state index contributed by atoms with van der Waals surface area (Å²) in [6.45, 7) is 1.67. The largest absolute Gasteiger partial charge is 0.481 e. The van der Waals surface area contributed by atoms with Gasteiger partial charge in [-0.3, -0.25) is 0 Å². The van der Waals surface area contributed by atoms with E-state index in [-0.39, 0.29) is 11.6 Å². The van der Waals surface area contributed by atoms with E-state index in [1.54, 1.807) is 25.1 Å². The van der Waals surface area contributed by atoms with Crippen LogP contribution in [0.1, 0.15) is 15.9 Å². The van der Waals surface area contributed by atoms with Crippen molar-refractivity contribution in [1.82, 2.24) is 9.97 Å². The van der Waals surface area contributed by atoms with Crippen molar-refractivity contribution in [2.24, 2.45) is 0 Å². The molecule has 0 spiro atoms. The van der Waals surface area contributed by atoms with Crippen LogP contribution in [-0.4, -0.2) is 28.2 Å². The first-order chi connectivity index (χ1) is 9.11. The number of carbonyl (C=O) groups is 1. The lowest BCUT2D eigenvalue weighted by Crippen LogP contribution is -2.02. The molecule has 0 amide bonds. The minimum absolute atomic E-state index is 0.102. The molecule has 2 aromatic rings. The number of aromatic carboxylic acids is 1. The Morgan fingerprint density at radius 3 is 2.79 bits per heavy atom. The van der Waals surface area contributed by atoms with Gasteiger partial charge in [-0.15, -0.1) is 0 Å². The second kappa shape index (κ2) is 5.34. The first-order valence-electron chi connectivity index (χ1n) is 5.49. The molecule has 98 valence electrons. The number of nitrogens with zero attached hydrogens (tertiary/aromatic N) is 2. The van der Waals surface area contributed by atoms with Crippen molar-refractivity contribution in [3.05, 3.63) is 41.6 Å². The summed E-state index contributed by atoms with van der Waals surface area (Å²) >= 11 is 0. The zero-order chi connectivity index (χ0) is 13.8. The third-order valence-electron chi connectivity index (χ3n) is 2.53. The van der Waals surface area contributed by atoms with Gasteiger partial charge in [-0.2, -0.15) is 4.98 Å². The minimum Gasteiger partial charge on any atom is -0.481 e. The fourth-order valence-corrected chi connectivity index (χ4v) is 1.54. The Morgan fingerprint density at radius 2 is 2.11 bits per heavy atom. The smallest absolute Gasteiger partial charge is 0.336 e.